The minimum atomic E-state index is -0.190. The highest BCUT2D eigenvalue weighted by Gasteiger charge is 2.12. The lowest BCUT2D eigenvalue weighted by molar-refractivity contribution is 0.102. The van der Waals surface area contributed by atoms with Crippen molar-refractivity contribution in [1.29, 1.82) is 0 Å². The first-order valence-corrected chi connectivity index (χ1v) is 10.6. The van der Waals surface area contributed by atoms with Gasteiger partial charge in [0.05, 0.1) is 18.9 Å². The molecule has 1 heterocycles. The number of benzene rings is 3. The molecule has 0 fully saturated rings. The molecule has 0 radical (unpaired) electrons. The molecule has 0 aliphatic carbocycles. The summed E-state index contributed by atoms with van der Waals surface area (Å²) in [5, 5.41) is 12.1. The lowest BCUT2D eigenvalue weighted by Crippen LogP contribution is -2.13. The highest BCUT2D eigenvalue weighted by Crippen LogP contribution is 2.24. The number of nitrogens with one attached hydrogen (secondary N) is 1. The van der Waals surface area contributed by atoms with Crippen molar-refractivity contribution in [2.75, 3.05) is 12.4 Å². The van der Waals surface area contributed by atoms with Gasteiger partial charge < -0.3 is 14.8 Å². The highest BCUT2D eigenvalue weighted by atomic mass is 16.5. The van der Waals surface area contributed by atoms with Crippen LogP contribution in [0.1, 0.15) is 36.2 Å². The summed E-state index contributed by atoms with van der Waals surface area (Å²) in [6.07, 6.45) is 1.06. The smallest absolute Gasteiger partial charge is 0.255 e. The first kappa shape index (κ1) is 21.4. The minimum absolute atomic E-state index is 0.135. The molecule has 0 bridgehead atoms. The van der Waals surface area contributed by atoms with Crippen LogP contribution in [0.3, 0.4) is 0 Å². The molecule has 164 valence electrons. The standard InChI is InChI=1S/C25H26N4O3/c1-5-17(3)32-21-10-6-18(7-11-21)25(30)26-22-15-24-23(14-16(22)2)27-29(28-24)19-8-12-20(31-4)13-9-19/h6-15,17H,5H2,1-4H3,(H,26,30). The molecule has 0 spiro atoms. The maximum Gasteiger partial charge on any atom is 0.255 e. The molecule has 0 saturated heterocycles. The Hall–Kier alpha value is -3.87. The summed E-state index contributed by atoms with van der Waals surface area (Å²) in [7, 11) is 1.63. The Morgan fingerprint density at radius 2 is 1.62 bits per heavy atom. The SMILES string of the molecule is CCC(C)Oc1ccc(C(=O)Nc2cc3nn(-c4ccc(OC)cc4)nc3cc2C)cc1. The zero-order valence-corrected chi connectivity index (χ0v) is 18.6. The van der Waals surface area contributed by atoms with Gasteiger partial charge in [0.2, 0.25) is 0 Å². The Morgan fingerprint density at radius 1 is 1.00 bits per heavy atom. The summed E-state index contributed by atoms with van der Waals surface area (Å²) in [6.45, 7) is 6.02. The van der Waals surface area contributed by atoms with Gasteiger partial charge in [-0.3, -0.25) is 4.79 Å². The van der Waals surface area contributed by atoms with Gasteiger partial charge in [-0.2, -0.15) is 4.80 Å². The maximum atomic E-state index is 12.8. The zero-order chi connectivity index (χ0) is 22.7. The number of rotatable bonds is 7. The van der Waals surface area contributed by atoms with Crippen LogP contribution in [0, 0.1) is 6.92 Å². The molecule has 1 unspecified atom stereocenters. The number of aryl methyl sites for hydroxylation is 1. The van der Waals surface area contributed by atoms with E-state index >= 15 is 0 Å². The van der Waals surface area contributed by atoms with E-state index in [4.69, 9.17) is 9.47 Å². The van der Waals surface area contributed by atoms with Crippen LogP contribution in [0.2, 0.25) is 0 Å². The van der Waals surface area contributed by atoms with E-state index in [0.717, 1.165) is 34.7 Å². The number of methoxy groups -OCH3 is 1. The fourth-order valence-corrected chi connectivity index (χ4v) is 3.23. The summed E-state index contributed by atoms with van der Waals surface area (Å²) in [6, 6.07) is 18.4. The molecular weight excluding hydrogens is 404 g/mol. The second kappa shape index (κ2) is 9.09. The fraction of sp³-hybridized carbons (Fsp3) is 0.240. The summed E-state index contributed by atoms with van der Waals surface area (Å²) in [4.78, 5) is 14.3. The number of carbonyl (C=O) groups excluding carboxylic acids is 1. The van der Waals surface area contributed by atoms with E-state index in [1.165, 1.54) is 0 Å². The Labute approximate surface area is 187 Å². The summed E-state index contributed by atoms with van der Waals surface area (Å²) >= 11 is 0. The first-order chi connectivity index (χ1) is 15.5. The average Bonchev–Trinajstić information content (AvgIpc) is 3.22. The van der Waals surface area contributed by atoms with Gasteiger partial charge >= 0.3 is 0 Å². The van der Waals surface area contributed by atoms with Crippen LogP contribution in [-0.4, -0.2) is 34.1 Å². The Kier molecular flexibility index (Phi) is 6.07. The predicted molar refractivity (Wildman–Crippen MR) is 125 cm³/mol. The van der Waals surface area contributed by atoms with Gasteiger partial charge in [0.15, 0.2) is 0 Å². The molecule has 1 atom stereocenters. The Balaban J connectivity index is 1.53. The van der Waals surface area contributed by atoms with E-state index in [-0.39, 0.29) is 12.0 Å². The number of carbonyl (C=O) groups is 1. The Morgan fingerprint density at radius 3 is 2.25 bits per heavy atom. The largest absolute Gasteiger partial charge is 0.497 e. The van der Waals surface area contributed by atoms with Crippen LogP contribution in [-0.2, 0) is 0 Å². The van der Waals surface area contributed by atoms with E-state index in [1.54, 1.807) is 24.0 Å². The number of ether oxygens (including phenoxy) is 2. The first-order valence-electron chi connectivity index (χ1n) is 10.6. The molecule has 1 aromatic heterocycles. The minimum Gasteiger partial charge on any atom is -0.497 e. The van der Waals surface area contributed by atoms with E-state index in [2.05, 4.69) is 22.4 Å². The van der Waals surface area contributed by atoms with Crippen molar-refractivity contribution in [2.45, 2.75) is 33.3 Å². The predicted octanol–water partition coefficient (Wildman–Crippen LogP) is 5.17. The van der Waals surface area contributed by atoms with Crippen molar-refractivity contribution in [3.05, 3.63) is 71.8 Å². The van der Waals surface area contributed by atoms with Gasteiger partial charge in [-0.05, 0) is 86.5 Å². The van der Waals surface area contributed by atoms with Crippen molar-refractivity contribution in [3.8, 4) is 17.2 Å². The van der Waals surface area contributed by atoms with Gasteiger partial charge in [0, 0.05) is 11.3 Å². The summed E-state index contributed by atoms with van der Waals surface area (Å²) < 4.78 is 11.0. The third-order valence-electron chi connectivity index (χ3n) is 5.31. The lowest BCUT2D eigenvalue weighted by Gasteiger charge is -2.13. The van der Waals surface area contributed by atoms with Gasteiger partial charge in [0.25, 0.3) is 5.91 Å². The van der Waals surface area contributed by atoms with Crippen LogP contribution >= 0.6 is 0 Å². The molecule has 32 heavy (non-hydrogen) atoms. The van der Waals surface area contributed by atoms with Crippen molar-refractivity contribution in [1.82, 2.24) is 15.0 Å². The quantitative estimate of drug-likeness (QED) is 0.438. The average molecular weight is 431 g/mol. The molecule has 4 rings (SSSR count). The van der Waals surface area contributed by atoms with E-state index in [9.17, 15) is 4.79 Å². The van der Waals surface area contributed by atoms with Crippen LogP contribution < -0.4 is 14.8 Å². The van der Waals surface area contributed by atoms with E-state index < -0.39 is 0 Å². The molecule has 3 aromatic carbocycles. The number of fused-ring (bicyclic) bond motifs is 1. The molecule has 0 aliphatic heterocycles. The van der Waals surface area contributed by atoms with Crippen molar-refractivity contribution in [3.63, 3.8) is 0 Å². The number of nitrogens with zero attached hydrogens (tertiary/aromatic N) is 3. The number of anilines is 1. The van der Waals surface area contributed by atoms with Gasteiger partial charge in [-0.25, -0.2) is 0 Å². The second-order valence-corrected chi connectivity index (χ2v) is 7.66. The third kappa shape index (κ3) is 4.56. The van der Waals surface area contributed by atoms with Crippen LogP contribution in [0.5, 0.6) is 11.5 Å². The Bertz CT molecular complexity index is 1230. The highest BCUT2D eigenvalue weighted by molar-refractivity contribution is 6.05. The van der Waals surface area contributed by atoms with Crippen molar-refractivity contribution >= 4 is 22.6 Å². The fourth-order valence-electron chi connectivity index (χ4n) is 3.23. The van der Waals surface area contributed by atoms with Crippen LogP contribution in [0.4, 0.5) is 5.69 Å². The molecular formula is C25H26N4O3. The van der Waals surface area contributed by atoms with Crippen molar-refractivity contribution < 1.29 is 14.3 Å². The topological polar surface area (TPSA) is 78.3 Å². The van der Waals surface area contributed by atoms with Crippen LogP contribution in [0.15, 0.2) is 60.7 Å². The van der Waals surface area contributed by atoms with E-state index in [1.807, 2.05) is 62.4 Å². The molecule has 0 aliphatic rings. The molecule has 1 N–H and O–H groups in total. The molecule has 4 aromatic rings. The number of hydrogen-bond acceptors (Lipinski definition) is 5. The molecule has 0 saturated carbocycles. The number of aromatic nitrogens is 3. The maximum absolute atomic E-state index is 12.8. The lowest BCUT2D eigenvalue weighted by atomic mass is 10.1. The monoisotopic (exact) mass is 430 g/mol. The molecule has 1 amide bonds. The van der Waals surface area contributed by atoms with Gasteiger partial charge in [-0.15, -0.1) is 10.2 Å². The number of hydrogen-bond donors (Lipinski definition) is 1. The van der Waals surface area contributed by atoms with Crippen LogP contribution in [0.25, 0.3) is 16.7 Å². The zero-order valence-electron chi connectivity index (χ0n) is 18.6. The van der Waals surface area contributed by atoms with Crippen molar-refractivity contribution in [2.24, 2.45) is 0 Å². The summed E-state index contributed by atoms with van der Waals surface area (Å²) in [5.74, 6) is 1.33. The van der Waals surface area contributed by atoms with Gasteiger partial charge in [-0.1, -0.05) is 6.92 Å². The molecule has 7 nitrogen and oxygen atoms in total. The molecule has 7 heteroatoms. The summed E-state index contributed by atoms with van der Waals surface area (Å²) in [5.41, 5.74) is 4.43. The third-order valence-corrected chi connectivity index (χ3v) is 5.31. The number of amides is 1. The van der Waals surface area contributed by atoms with Gasteiger partial charge in [0.1, 0.15) is 22.5 Å². The second-order valence-electron chi connectivity index (χ2n) is 7.66. The van der Waals surface area contributed by atoms with E-state index in [0.29, 0.717) is 16.8 Å². The normalized spacial score (nSPS) is 11.9.